The highest BCUT2D eigenvalue weighted by molar-refractivity contribution is 6.02. The van der Waals surface area contributed by atoms with Gasteiger partial charge in [0.2, 0.25) is 5.91 Å². The third-order valence-corrected chi connectivity index (χ3v) is 4.37. The molecular formula is C19H24N2O2. The SMILES string of the molecule is C=C(C)CC(C)C(=O)Nc1c[nH]c2ccc(OC3CCC3)cc12. The number of hydrogen-bond donors (Lipinski definition) is 2. The second-order valence-electron chi connectivity index (χ2n) is 6.63. The summed E-state index contributed by atoms with van der Waals surface area (Å²) in [5.74, 6) is 0.790. The molecular weight excluding hydrogens is 288 g/mol. The number of amides is 1. The van der Waals surface area contributed by atoms with Gasteiger partial charge in [-0.1, -0.05) is 12.5 Å². The van der Waals surface area contributed by atoms with Crippen LogP contribution in [-0.4, -0.2) is 17.0 Å². The van der Waals surface area contributed by atoms with Crippen LogP contribution in [0.3, 0.4) is 0 Å². The van der Waals surface area contributed by atoms with E-state index in [4.69, 9.17) is 4.74 Å². The zero-order valence-corrected chi connectivity index (χ0v) is 13.8. The maximum absolute atomic E-state index is 12.3. The van der Waals surface area contributed by atoms with Crippen molar-refractivity contribution in [2.45, 2.75) is 45.6 Å². The van der Waals surface area contributed by atoms with Crippen LogP contribution in [0.4, 0.5) is 5.69 Å². The smallest absolute Gasteiger partial charge is 0.227 e. The van der Waals surface area contributed by atoms with Crippen molar-refractivity contribution in [3.8, 4) is 5.75 Å². The predicted octanol–water partition coefficient (Wildman–Crippen LogP) is 4.64. The Hall–Kier alpha value is -2.23. The number of carbonyl (C=O) groups excluding carboxylic acids is 1. The van der Waals surface area contributed by atoms with Gasteiger partial charge >= 0.3 is 0 Å². The highest BCUT2D eigenvalue weighted by atomic mass is 16.5. The summed E-state index contributed by atoms with van der Waals surface area (Å²) < 4.78 is 5.95. The molecule has 1 aliphatic rings. The first-order valence-electron chi connectivity index (χ1n) is 8.26. The quantitative estimate of drug-likeness (QED) is 0.763. The molecule has 2 N–H and O–H groups in total. The topological polar surface area (TPSA) is 54.1 Å². The molecule has 1 amide bonds. The largest absolute Gasteiger partial charge is 0.490 e. The molecule has 0 aliphatic heterocycles. The van der Waals surface area contributed by atoms with E-state index in [0.717, 1.165) is 40.8 Å². The van der Waals surface area contributed by atoms with Crippen molar-refractivity contribution in [3.05, 3.63) is 36.5 Å². The Morgan fingerprint density at radius 1 is 1.48 bits per heavy atom. The number of ether oxygens (including phenoxy) is 1. The Balaban J connectivity index is 1.75. The fraction of sp³-hybridized carbons (Fsp3) is 0.421. The van der Waals surface area contributed by atoms with Crippen LogP contribution >= 0.6 is 0 Å². The van der Waals surface area contributed by atoms with Gasteiger partial charge in [0.1, 0.15) is 5.75 Å². The number of anilines is 1. The van der Waals surface area contributed by atoms with Crippen LogP contribution < -0.4 is 10.1 Å². The van der Waals surface area contributed by atoms with Crippen LogP contribution in [0.1, 0.15) is 39.5 Å². The average Bonchev–Trinajstić information content (AvgIpc) is 2.85. The fourth-order valence-corrected chi connectivity index (χ4v) is 2.83. The van der Waals surface area contributed by atoms with Gasteiger partial charge in [-0.2, -0.15) is 0 Å². The van der Waals surface area contributed by atoms with Crippen molar-refractivity contribution in [2.24, 2.45) is 5.92 Å². The third-order valence-electron chi connectivity index (χ3n) is 4.37. The Bertz CT molecular complexity index is 728. The van der Waals surface area contributed by atoms with E-state index >= 15 is 0 Å². The Kier molecular flexibility index (Phi) is 4.42. The van der Waals surface area contributed by atoms with Crippen molar-refractivity contribution in [3.63, 3.8) is 0 Å². The van der Waals surface area contributed by atoms with Crippen molar-refractivity contribution < 1.29 is 9.53 Å². The summed E-state index contributed by atoms with van der Waals surface area (Å²) in [5, 5.41) is 4.00. The molecule has 1 aromatic heterocycles. The summed E-state index contributed by atoms with van der Waals surface area (Å²) in [6, 6.07) is 5.98. The van der Waals surface area contributed by atoms with Gasteiger partial charge in [-0.25, -0.2) is 0 Å². The van der Waals surface area contributed by atoms with E-state index in [-0.39, 0.29) is 11.8 Å². The number of H-pyrrole nitrogens is 1. The molecule has 1 aromatic carbocycles. The number of rotatable bonds is 6. The van der Waals surface area contributed by atoms with Gasteiger partial charge in [0, 0.05) is 23.0 Å². The lowest BCUT2D eigenvalue weighted by Gasteiger charge is -2.26. The minimum atomic E-state index is -0.0909. The van der Waals surface area contributed by atoms with Crippen LogP contribution in [0.15, 0.2) is 36.5 Å². The summed E-state index contributed by atoms with van der Waals surface area (Å²) in [6.07, 6.45) is 6.40. The molecule has 0 spiro atoms. The number of hydrogen-bond acceptors (Lipinski definition) is 2. The second-order valence-corrected chi connectivity index (χ2v) is 6.63. The molecule has 23 heavy (non-hydrogen) atoms. The number of carbonyl (C=O) groups is 1. The molecule has 1 fully saturated rings. The zero-order valence-electron chi connectivity index (χ0n) is 13.8. The summed E-state index contributed by atoms with van der Waals surface area (Å²) in [4.78, 5) is 15.5. The molecule has 1 unspecified atom stereocenters. The number of benzene rings is 1. The lowest BCUT2D eigenvalue weighted by atomic mass is 9.96. The molecule has 4 heteroatoms. The minimum Gasteiger partial charge on any atom is -0.490 e. The molecule has 0 saturated heterocycles. The van der Waals surface area contributed by atoms with Gasteiger partial charge in [0.15, 0.2) is 0 Å². The molecule has 1 atom stereocenters. The first-order valence-corrected chi connectivity index (χ1v) is 8.26. The van der Waals surface area contributed by atoms with E-state index < -0.39 is 0 Å². The predicted molar refractivity (Wildman–Crippen MR) is 93.8 cm³/mol. The third kappa shape index (κ3) is 3.58. The summed E-state index contributed by atoms with van der Waals surface area (Å²) >= 11 is 0. The van der Waals surface area contributed by atoms with Gasteiger partial charge in [-0.15, -0.1) is 6.58 Å². The fourth-order valence-electron chi connectivity index (χ4n) is 2.83. The highest BCUT2D eigenvalue weighted by Crippen LogP contribution is 2.31. The Morgan fingerprint density at radius 3 is 2.91 bits per heavy atom. The summed E-state index contributed by atoms with van der Waals surface area (Å²) in [6.45, 7) is 7.74. The maximum atomic E-state index is 12.3. The summed E-state index contributed by atoms with van der Waals surface area (Å²) in [5.41, 5.74) is 2.81. The molecule has 122 valence electrons. The van der Waals surface area contributed by atoms with Gasteiger partial charge in [0.05, 0.1) is 11.8 Å². The van der Waals surface area contributed by atoms with E-state index in [1.165, 1.54) is 6.42 Å². The molecule has 4 nitrogen and oxygen atoms in total. The molecule has 0 radical (unpaired) electrons. The highest BCUT2D eigenvalue weighted by Gasteiger charge is 2.20. The van der Waals surface area contributed by atoms with E-state index in [2.05, 4.69) is 16.9 Å². The van der Waals surface area contributed by atoms with E-state index in [0.29, 0.717) is 12.5 Å². The maximum Gasteiger partial charge on any atom is 0.227 e. The molecule has 1 heterocycles. The Morgan fingerprint density at radius 2 is 2.26 bits per heavy atom. The van der Waals surface area contributed by atoms with E-state index in [1.54, 1.807) is 0 Å². The number of allylic oxidation sites excluding steroid dienone is 1. The first-order chi connectivity index (χ1) is 11.0. The molecule has 1 aliphatic carbocycles. The van der Waals surface area contributed by atoms with Crippen LogP contribution in [-0.2, 0) is 4.79 Å². The zero-order chi connectivity index (χ0) is 16.4. The molecule has 2 aromatic rings. The lowest BCUT2D eigenvalue weighted by molar-refractivity contribution is -0.119. The molecule has 3 rings (SSSR count). The van der Waals surface area contributed by atoms with Crippen molar-refractivity contribution >= 4 is 22.5 Å². The van der Waals surface area contributed by atoms with Gasteiger partial charge in [0.25, 0.3) is 0 Å². The van der Waals surface area contributed by atoms with Crippen LogP contribution in [0.2, 0.25) is 0 Å². The van der Waals surface area contributed by atoms with Gasteiger partial charge in [-0.05, 0) is 50.8 Å². The van der Waals surface area contributed by atoms with Crippen molar-refractivity contribution in [1.82, 2.24) is 4.98 Å². The number of aromatic nitrogens is 1. The lowest BCUT2D eigenvalue weighted by Crippen LogP contribution is -2.24. The monoisotopic (exact) mass is 312 g/mol. The van der Waals surface area contributed by atoms with Crippen LogP contribution in [0.5, 0.6) is 5.75 Å². The summed E-state index contributed by atoms with van der Waals surface area (Å²) in [7, 11) is 0. The molecule has 1 saturated carbocycles. The standard InChI is InChI=1S/C19H24N2O2/c1-12(2)9-13(3)19(22)21-18-11-20-17-8-7-15(10-16(17)18)23-14-5-4-6-14/h7-8,10-11,13-14,20H,1,4-6,9H2,2-3H3,(H,21,22). The van der Waals surface area contributed by atoms with Crippen molar-refractivity contribution in [1.29, 1.82) is 0 Å². The van der Waals surface area contributed by atoms with Crippen LogP contribution in [0, 0.1) is 5.92 Å². The average molecular weight is 312 g/mol. The van der Waals surface area contributed by atoms with E-state index in [9.17, 15) is 4.79 Å². The van der Waals surface area contributed by atoms with E-state index in [1.807, 2.05) is 38.2 Å². The van der Waals surface area contributed by atoms with Gasteiger partial charge in [-0.3, -0.25) is 4.79 Å². The minimum absolute atomic E-state index is 0.0132. The van der Waals surface area contributed by atoms with Gasteiger partial charge < -0.3 is 15.0 Å². The van der Waals surface area contributed by atoms with Crippen molar-refractivity contribution in [2.75, 3.05) is 5.32 Å². The number of fused-ring (bicyclic) bond motifs is 1. The number of aromatic amines is 1. The first kappa shape index (κ1) is 15.7. The second kappa shape index (κ2) is 6.49. The Labute approximate surface area is 136 Å². The number of nitrogens with one attached hydrogen (secondary N) is 2. The normalized spacial score (nSPS) is 15.9. The molecule has 0 bridgehead atoms. The van der Waals surface area contributed by atoms with Crippen LogP contribution in [0.25, 0.3) is 10.9 Å².